The Labute approximate surface area is 125 Å². The Morgan fingerprint density at radius 1 is 1.30 bits per heavy atom. The molecule has 0 aliphatic carbocycles. The van der Waals surface area contributed by atoms with Crippen LogP contribution in [0.15, 0.2) is 23.1 Å². The fraction of sp³-hybridized carbons (Fsp3) is 0.538. The van der Waals surface area contributed by atoms with Crippen LogP contribution in [-0.2, 0) is 10.0 Å². The second-order valence-corrected chi connectivity index (χ2v) is 7.55. The second kappa shape index (κ2) is 6.69. The van der Waals surface area contributed by atoms with Crippen molar-refractivity contribution in [3.63, 3.8) is 0 Å². The van der Waals surface area contributed by atoms with E-state index in [0.29, 0.717) is 0 Å². The summed E-state index contributed by atoms with van der Waals surface area (Å²) in [6, 6.07) is 4.73. The van der Waals surface area contributed by atoms with Crippen LogP contribution in [0.3, 0.4) is 0 Å². The first-order valence-electron chi connectivity index (χ1n) is 6.49. The van der Waals surface area contributed by atoms with Crippen molar-refractivity contribution in [3.8, 4) is 0 Å². The minimum Gasteiger partial charge on any atom is -0.398 e. The SMILES string of the molecule is CCC(CC)(CNc1ccc(S(N)(=O)=O)c(N)c1)SC. The lowest BCUT2D eigenvalue weighted by molar-refractivity contribution is 0.574. The van der Waals surface area contributed by atoms with E-state index in [4.69, 9.17) is 10.9 Å². The number of nitrogens with one attached hydrogen (secondary N) is 1. The summed E-state index contributed by atoms with van der Waals surface area (Å²) >= 11 is 1.84. The van der Waals surface area contributed by atoms with E-state index in [1.807, 2.05) is 11.8 Å². The summed E-state index contributed by atoms with van der Waals surface area (Å²) in [7, 11) is -3.76. The number of thioether (sulfide) groups is 1. The van der Waals surface area contributed by atoms with Crippen molar-refractivity contribution in [3.05, 3.63) is 18.2 Å². The van der Waals surface area contributed by atoms with Gasteiger partial charge in [-0.05, 0) is 37.3 Å². The number of nitrogens with two attached hydrogens (primary N) is 2. The maximum atomic E-state index is 11.3. The molecule has 7 heteroatoms. The lowest BCUT2D eigenvalue weighted by atomic mass is 10.0. The molecule has 0 bridgehead atoms. The Kier molecular flexibility index (Phi) is 5.73. The van der Waals surface area contributed by atoms with Gasteiger partial charge in [-0.2, -0.15) is 11.8 Å². The number of primary sulfonamides is 1. The molecule has 5 nitrogen and oxygen atoms in total. The maximum Gasteiger partial charge on any atom is 0.240 e. The average Bonchev–Trinajstić information content (AvgIpc) is 2.39. The van der Waals surface area contributed by atoms with Gasteiger partial charge < -0.3 is 11.1 Å². The topological polar surface area (TPSA) is 98.2 Å². The number of nitrogen functional groups attached to an aromatic ring is 1. The van der Waals surface area contributed by atoms with E-state index in [9.17, 15) is 8.42 Å². The summed E-state index contributed by atoms with van der Waals surface area (Å²) in [6.45, 7) is 5.13. The Hall–Kier alpha value is -0.920. The number of benzene rings is 1. The quantitative estimate of drug-likeness (QED) is 0.670. The fourth-order valence-electron chi connectivity index (χ4n) is 2.04. The van der Waals surface area contributed by atoms with Gasteiger partial charge in [0.05, 0.1) is 5.69 Å². The van der Waals surface area contributed by atoms with Crippen molar-refractivity contribution in [2.75, 3.05) is 23.9 Å². The van der Waals surface area contributed by atoms with E-state index < -0.39 is 10.0 Å². The molecule has 0 saturated heterocycles. The monoisotopic (exact) mass is 317 g/mol. The van der Waals surface area contributed by atoms with Crippen LogP contribution in [-0.4, -0.2) is 26.0 Å². The molecule has 0 atom stereocenters. The standard InChI is InChI=1S/C13H23N3O2S2/c1-4-13(5-2,19-3)9-16-10-6-7-12(11(14)8-10)20(15,17)18/h6-8,16H,4-5,9,14H2,1-3H3,(H2,15,17,18). The zero-order valence-corrected chi connectivity index (χ0v) is 13.8. The van der Waals surface area contributed by atoms with Crippen LogP contribution in [0, 0.1) is 0 Å². The second-order valence-electron chi connectivity index (χ2n) is 4.75. The number of anilines is 2. The number of hydrogen-bond donors (Lipinski definition) is 3. The van der Waals surface area contributed by atoms with Crippen LogP contribution in [0.25, 0.3) is 0 Å². The van der Waals surface area contributed by atoms with Crippen molar-refractivity contribution in [2.24, 2.45) is 5.14 Å². The van der Waals surface area contributed by atoms with Gasteiger partial charge in [-0.1, -0.05) is 13.8 Å². The summed E-state index contributed by atoms with van der Waals surface area (Å²) in [4.78, 5) is -0.0369. The molecular weight excluding hydrogens is 294 g/mol. The molecular formula is C13H23N3O2S2. The van der Waals surface area contributed by atoms with Gasteiger partial charge in [-0.3, -0.25) is 0 Å². The van der Waals surface area contributed by atoms with Gasteiger partial charge in [0.15, 0.2) is 0 Å². The van der Waals surface area contributed by atoms with E-state index in [0.717, 1.165) is 25.1 Å². The molecule has 5 N–H and O–H groups in total. The van der Waals surface area contributed by atoms with Crippen LogP contribution < -0.4 is 16.2 Å². The van der Waals surface area contributed by atoms with Crippen LogP contribution in [0.5, 0.6) is 0 Å². The van der Waals surface area contributed by atoms with Gasteiger partial charge in [0.2, 0.25) is 10.0 Å². The molecule has 0 spiro atoms. The molecule has 0 radical (unpaired) electrons. The molecule has 0 fully saturated rings. The molecule has 1 rings (SSSR count). The first kappa shape index (κ1) is 17.1. The molecule has 1 aromatic carbocycles. The van der Waals surface area contributed by atoms with Crippen molar-refractivity contribution in [1.82, 2.24) is 0 Å². The van der Waals surface area contributed by atoms with E-state index in [1.165, 1.54) is 6.07 Å². The number of sulfonamides is 1. The van der Waals surface area contributed by atoms with Crippen molar-refractivity contribution in [2.45, 2.75) is 36.3 Å². The summed E-state index contributed by atoms with van der Waals surface area (Å²) in [5, 5.41) is 8.41. The zero-order chi connectivity index (χ0) is 15.4. The molecule has 114 valence electrons. The van der Waals surface area contributed by atoms with Crippen LogP contribution >= 0.6 is 11.8 Å². The normalized spacial score (nSPS) is 12.4. The molecule has 0 unspecified atom stereocenters. The first-order valence-corrected chi connectivity index (χ1v) is 9.26. The highest BCUT2D eigenvalue weighted by Gasteiger charge is 2.24. The molecule has 0 amide bonds. The van der Waals surface area contributed by atoms with E-state index in [-0.39, 0.29) is 15.3 Å². The van der Waals surface area contributed by atoms with Gasteiger partial charge in [0.1, 0.15) is 4.90 Å². The number of hydrogen-bond acceptors (Lipinski definition) is 5. The van der Waals surface area contributed by atoms with Crippen LogP contribution in [0.4, 0.5) is 11.4 Å². The fourth-order valence-corrected chi connectivity index (χ4v) is 3.48. The highest BCUT2D eigenvalue weighted by Crippen LogP contribution is 2.31. The van der Waals surface area contributed by atoms with Crippen molar-refractivity contribution < 1.29 is 8.42 Å². The van der Waals surface area contributed by atoms with Gasteiger partial charge in [-0.15, -0.1) is 0 Å². The van der Waals surface area contributed by atoms with E-state index >= 15 is 0 Å². The van der Waals surface area contributed by atoms with Gasteiger partial charge in [-0.25, -0.2) is 13.6 Å². The summed E-state index contributed by atoms with van der Waals surface area (Å²) in [6.07, 6.45) is 4.22. The molecule has 20 heavy (non-hydrogen) atoms. The minimum atomic E-state index is -3.76. The zero-order valence-electron chi connectivity index (χ0n) is 12.1. The molecule has 1 aromatic rings. The van der Waals surface area contributed by atoms with E-state index in [2.05, 4.69) is 25.4 Å². The molecule has 0 heterocycles. The van der Waals surface area contributed by atoms with Crippen LogP contribution in [0.2, 0.25) is 0 Å². The Bertz CT molecular complexity index is 546. The molecule has 0 saturated carbocycles. The third kappa shape index (κ3) is 4.04. The maximum absolute atomic E-state index is 11.3. The highest BCUT2D eigenvalue weighted by molar-refractivity contribution is 8.00. The van der Waals surface area contributed by atoms with Gasteiger partial charge in [0, 0.05) is 17.0 Å². The van der Waals surface area contributed by atoms with Gasteiger partial charge >= 0.3 is 0 Å². The third-order valence-electron chi connectivity index (χ3n) is 3.65. The lowest BCUT2D eigenvalue weighted by Gasteiger charge is -2.30. The Morgan fingerprint density at radius 3 is 2.30 bits per heavy atom. The van der Waals surface area contributed by atoms with Crippen LogP contribution in [0.1, 0.15) is 26.7 Å². The largest absolute Gasteiger partial charge is 0.398 e. The molecule has 0 aliphatic heterocycles. The first-order chi connectivity index (χ1) is 9.28. The predicted octanol–water partition coefficient (Wildman–Crippen LogP) is 2.25. The Balaban J connectivity index is 2.88. The van der Waals surface area contributed by atoms with Gasteiger partial charge in [0.25, 0.3) is 0 Å². The summed E-state index contributed by atoms with van der Waals surface area (Å²) < 4.78 is 22.8. The minimum absolute atomic E-state index is 0.0369. The molecule has 0 aromatic heterocycles. The number of rotatable bonds is 7. The molecule has 0 aliphatic rings. The van der Waals surface area contributed by atoms with Crippen molar-refractivity contribution in [1.29, 1.82) is 0 Å². The lowest BCUT2D eigenvalue weighted by Crippen LogP contribution is -2.32. The van der Waals surface area contributed by atoms with Crippen molar-refractivity contribution >= 4 is 33.2 Å². The average molecular weight is 317 g/mol. The Morgan fingerprint density at radius 2 is 1.90 bits per heavy atom. The summed E-state index contributed by atoms with van der Waals surface area (Å²) in [5.41, 5.74) is 6.71. The smallest absolute Gasteiger partial charge is 0.240 e. The summed E-state index contributed by atoms with van der Waals surface area (Å²) in [5.74, 6) is 0. The van der Waals surface area contributed by atoms with E-state index in [1.54, 1.807) is 12.1 Å². The predicted molar refractivity (Wildman–Crippen MR) is 87.5 cm³/mol. The highest BCUT2D eigenvalue weighted by atomic mass is 32.2. The third-order valence-corrected chi connectivity index (χ3v) is 6.23.